The van der Waals surface area contributed by atoms with Gasteiger partial charge in [0.25, 0.3) is 0 Å². The van der Waals surface area contributed by atoms with Crippen molar-refractivity contribution in [3.63, 3.8) is 0 Å². The first-order valence-corrected chi connectivity index (χ1v) is 3.15. The normalized spacial score (nSPS) is 10.2. The third kappa shape index (κ3) is 0.881. The van der Waals surface area contributed by atoms with Crippen LogP contribution >= 0.6 is 0 Å². The van der Waals surface area contributed by atoms with Gasteiger partial charge in [-0.3, -0.25) is 9.89 Å². The smallest absolute Gasteiger partial charge is 0.180 e. The zero-order chi connectivity index (χ0) is 7.68. The Kier molecular flexibility index (Phi) is 1.18. The first-order valence-electron chi connectivity index (χ1n) is 3.15. The highest BCUT2D eigenvalue weighted by atomic mass is 16.1. The van der Waals surface area contributed by atoms with Gasteiger partial charge in [0.05, 0.1) is 0 Å². The fraction of sp³-hybridized carbons (Fsp3) is 0. The number of carbonyl (C=O) groups excluding carboxylic acids is 1. The molecule has 4 heteroatoms. The van der Waals surface area contributed by atoms with E-state index in [1.165, 1.54) is 6.20 Å². The van der Waals surface area contributed by atoms with E-state index in [1.54, 1.807) is 12.3 Å². The fourth-order valence-corrected chi connectivity index (χ4v) is 0.919. The third-order valence-corrected chi connectivity index (χ3v) is 1.44. The molecule has 0 aromatic carbocycles. The maximum Gasteiger partial charge on any atom is 0.180 e. The maximum absolute atomic E-state index is 10.3. The molecule has 4 nitrogen and oxygen atoms in total. The summed E-state index contributed by atoms with van der Waals surface area (Å²) in [4.78, 5) is 14.2. The van der Waals surface area contributed by atoms with Crippen molar-refractivity contribution in [2.45, 2.75) is 0 Å². The second-order valence-corrected chi connectivity index (χ2v) is 2.18. The van der Waals surface area contributed by atoms with E-state index in [4.69, 9.17) is 0 Å². The second-order valence-electron chi connectivity index (χ2n) is 2.18. The van der Waals surface area contributed by atoms with Crippen LogP contribution in [0.3, 0.4) is 0 Å². The number of fused-ring (bicyclic) bond motifs is 1. The lowest BCUT2D eigenvalue weighted by molar-refractivity contribution is 0.112. The van der Waals surface area contributed by atoms with Crippen molar-refractivity contribution in [1.82, 2.24) is 15.2 Å². The van der Waals surface area contributed by atoms with E-state index in [9.17, 15) is 4.79 Å². The van der Waals surface area contributed by atoms with Crippen LogP contribution in [0.1, 0.15) is 10.4 Å². The van der Waals surface area contributed by atoms with Gasteiger partial charge in [0.1, 0.15) is 0 Å². The fourth-order valence-electron chi connectivity index (χ4n) is 0.919. The summed E-state index contributed by atoms with van der Waals surface area (Å²) in [6, 6.07) is 1.73. The highest BCUT2D eigenvalue weighted by Gasteiger charge is 1.97. The molecule has 2 rings (SSSR count). The Balaban J connectivity index is 2.76. The number of nitrogens with one attached hydrogen (secondary N) is 1. The van der Waals surface area contributed by atoms with E-state index in [1.807, 2.05) is 0 Å². The highest BCUT2D eigenvalue weighted by Crippen LogP contribution is 2.07. The van der Waals surface area contributed by atoms with Crippen LogP contribution in [0.25, 0.3) is 11.0 Å². The summed E-state index contributed by atoms with van der Waals surface area (Å²) in [6.45, 7) is 0. The average Bonchev–Trinajstić information content (AvgIpc) is 2.50. The molecule has 0 amide bonds. The summed E-state index contributed by atoms with van der Waals surface area (Å²) in [5, 5.41) is 7.36. The number of hydrogen-bond acceptors (Lipinski definition) is 3. The van der Waals surface area contributed by atoms with E-state index in [-0.39, 0.29) is 0 Å². The van der Waals surface area contributed by atoms with E-state index in [2.05, 4.69) is 15.2 Å². The van der Waals surface area contributed by atoms with Gasteiger partial charge in [-0.15, -0.1) is 0 Å². The predicted octanol–water partition coefficient (Wildman–Crippen LogP) is 0.770. The number of aromatic nitrogens is 3. The monoisotopic (exact) mass is 147 g/mol. The van der Waals surface area contributed by atoms with Gasteiger partial charge >= 0.3 is 0 Å². The van der Waals surface area contributed by atoms with Crippen LogP contribution in [0, 0.1) is 0 Å². The molecule has 0 aliphatic rings. The Morgan fingerprint density at radius 2 is 2.45 bits per heavy atom. The van der Waals surface area contributed by atoms with Gasteiger partial charge in [-0.05, 0) is 6.07 Å². The number of pyridine rings is 1. The maximum atomic E-state index is 10.3. The average molecular weight is 147 g/mol. The van der Waals surface area contributed by atoms with Crippen LogP contribution in [0.15, 0.2) is 18.5 Å². The van der Waals surface area contributed by atoms with E-state index in [0.717, 1.165) is 11.7 Å². The van der Waals surface area contributed by atoms with Crippen molar-refractivity contribution < 1.29 is 4.79 Å². The van der Waals surface area contributed by atoms with Crippen LogP contribution in [-0.2, 0) is 0 Å². The number of aldehydes is 1. The van der Waals surface area contributed by atoms with Crippen LogP contribution in [0.5, 0.6) is 0 Å². The molecule has 0 bridgehead atoms. The van der Waals surface area contributed by atoms with Gasteiger partial charge in [0.2, 0.25) is 0 Å². The predicted molar refractivity (Wildman–Crippen MR) is 39.3 cm³/mol. The largest absolute Gasteiger partial charge is 0.298 e. The number of aromatic amines is 1. The Bertz CT molecular complexity index is 393. The van der Waals surface area contributed by atoms with Crippen LogP contribution in [0.4, 0.5) is 0 Å². The summed E-state index contributed by atoms with van der Waals surface area (Å²) in [6.07, 6.45) is 3.96. The summed E-state index contributed by atoms with van der Waals surface area (Å²) < 4.78 is 0. The van der Waals surface area contributed by atoms with E-state index < -0.39 is 0 Å². The summed E-state index contributed by atoms with van der Waals surface area (Å²) in [7, 11) is 0. The van der Waals surface area contributed by atoms with Crippen LogP contribution < -0.4 is 0 Å². The Labute approximate surface area is 62.3 Å². The minimum Gasteiger partial charge on any atom is -0.298 e. The molecule has 0 fully saturated rings. The number of carbonyl (C=O) groups is 1. The molecule has 0 aliphatic carbocycles. The minimum absolute atomic E-state index is 0.568. The molecule has 0 unspecified atom stereocenters. The highest BCUT2D eigenvalue weighted by molar-refractivity contribution is 5.83. The molecule has 0 atom stereocenters. The molecule has 2 heterocycles. The zero-order valence-electron chi connectivity index (χ0n) is 5.61. The van der Waals surface area contributed by atoms with E-state index in [0.29, 0.717) is 11.2 Å². The van der Waals surface area contributed by atoms with Crippen molar-refractivity contribution in [2.75, 3.05) is 0 Å². The van der Waals surface area contributed by atoms with Crippen molar-refractivity contribution in [1.29, 1.82) is 0 Å². The lowest BCUT2D eigenvalue weighted by Gasteiger charge is -1.86. The molecule has 1 N–H and O–H groups in total. The third-order valence-electron chi connectivity index (χ3n) is 1.44. The summed E-state index contributed by atoms with van der Waals surface area (Å²) in [5.41, 5.74) is 1.20. The Morgan fingerprint density at radius 3 is 3.27 bits per heavy atom. The number of hydrogen-bond donors (Lipinski definition) is 1. The molecule has 0 spiro atoms. The van der Waals surface area contributed by atoms with Crippen molar-refractivity contribution in [2.24, 2.45) is 0 Å². The molecule has 0 saturated carbocycles. The van der Waals surface area contributed by atoms with Gasteiger partial charge in [-0.1, -0.05) is 0 Å². The zero-order valence-corrected chi connectivity index (χ0v) is 5.61. The summed E-state index contributed by atoms with van der Waals surface area (Å²) >= 11 is 0. The van der Waals surface area contributed by atoms with Crippen molar-refractivity contribution in [3.05, 3.63) is 24.0 Å². The van der Waals surface area contributed by atoms with Crippen LogP contribution in [-0.4, -0.2) is 21.5 Å². The molecule has 11 heavy (non-hydrogen) atoms. The van der Waals surface area contributed by atoms with Crippen LogP contribution in [0.2, 0.25) is 0 Å². The minimum atomic E-state index is 0.568. The standard InChI is InChI=1S/C7H5N3O/c11-4-5-1-6-3-9-10-7(6)8-2-5/h1-4H,(H,8,9,10). The topological polar surface area (TPSA) is 58.6 Å². The van der Waals surface area contributed by atoms with Gasteiger partial charge in [-0.2, -0.15) is 5.10 Å². The first kappa shape index (κ1) is 6.03. The number of rotatable bonds is 1. The molecular formula is C7H5N3O. The molecule has 54 valence electrons. The SMILES string of the molecule is O=Cc1cnc2n[nH]cc2c1. The summed E-state index contributed by atoms with van der Waals surface area (Å²) in [5.74, 6) is 0. The Hall–Kier alpha value is -1.71. The van der Waals surface area contributed by atoms with Gasteiger partial charge in [-0.25, -0.2) is 4.98 Å². The molecule has 2 aromatic heterocycles. The second kappa shape index (κ2) is 2.16. The van der Waals surface area contributed by atoms with Crippen molar-refractivity contribution in [3.8, 4) is 0 Å². The van der Waals surface area contributed by atoms with Crippen molar-refractivity contribution >= 4 is 17.3 Å². The quantitative estimate of drug-likeness (QED) is 0.606. The van der Waals surface area contributed by atoms with Gasteiger partial charge in [0.15, 0.2) is 11.9 Å². The number of H-pyrrole nitrogens is 1. The lowest BCUT2D eigenvalue weighted by Crippen LogP contribution is -1.81. The molecule has 0 radical (unpaired) electrons. The van der Waals surface area contributed by atoms with E-state index >= 15 is 0 Å². The molecule has 0 aliphatic heterocycles. The molecule has 2 aromatic rings. The van der Waals surface area contributed by atoms with Gasteiger partial charge < -0.3 is 0 Å². The Morgan fingerprint density at radius 1 is 1.55 bits per heavy atom. The molecular weight excluding hydrogens is 142 g/mol. The first-order chi connectivity index (χ1) is 5.40. The molecule has 0 saturated heterocycles. The lowest BCUT2D eigenvalue weighted by atomic mass is 10.2. The van der Waals surface area contributed by atoms with Gasteiger partial charge in [0, 0.05) is 23.3 Å². The number of nitrogens with zero attached hydrogens (tertiary/aromatic N) is 2.